The molecule has 0 fully saturated rings. The third kappa shape index (κ3) is 2.23. The second-order valence-corrected chi connectivity index (χ2v) is 3.58. The molecule has 0 heterocycles. The van der Waals surface area contributed by atoms with E-state index in [1.54, 1.807) is 12.1 Å². The first kappa shape index (κ1) is 9.57. The first-order valence-electron chi connectivity index (χ1n) is 3.52. The van der Waals surface area contributed by atoms with Gasteiger partial charge in [-0.2, -0.15) is 5.26 Å². The van der Waals surface area contributed by atoms with Gasteiger partial charge in [-0.05, 0) is 30.2 Å². The fraction of sp³-hybridized carbons (Fsp3) is 0.222. The van der Waals surface area contributed by atoms with Crippen molar-refractivity contribution in [1.82, 2.24) is 0 Å². The quantitative estimate of drug-likeness (QED) is 0.733. The number of aryl methyl sites for hydroxylation is 1. The molecule has 0 bridgehead atoms. The first-order valence-corrected chi connectivity index (χ1v) is 5.02. The molecule has 0 N–H and O–H groups in total. The Morgan fingerprint density at radius 1 is 1.50 bits per heavy atom. The van der Waals surface area contributed by atoms with E-state index in [1.165, 1.54) is 0 Å². The summed E-state index contributed by atoms with van der Waals surface area (Å²) < 4.78 is 0. The van der Waals surface area contributed by atoms with E-state index in [1.807, 2.05) is 6.07 Å². The molecule has 0 atom stereocenters. The number of halogens is 2. The number of benzene rings is 1. The molecular weight excluding hydrogens is 237 g/mol. The zero-order chi connectivity index (χ0) is 8.97. The number of alkyl halides is 1. The van der Waals surface area contributed by atoms with Gasteiger partial charge in [-0.3, -0.25) is 0 Å². The lowest BCUT2D eigenvalue weighted by Crippen LogP contribution is -1.90. The standard InChI is InChI=1S/C9H7BrClN/c10-4-3-7-5-9(11)2-1-8(7)6-12/h1-2,5H,3-4H2. The van der Waals surface area contributed by atoms with Gasteiger partial charge in [0.15, 0.2) is 0 Å². The van der Waals surface area contributed by atoms with Crippen LogP contribution in [0.15, 0.2) is 18.2 Å². The number of hydrogen-bond donors (Lipinski definition) is 0. The molecule has 12 heavy (non-hydrogen) atoms. The van der Waals surface area contributed by atoms with Crippen LogP contribution in [0.4, 0.5) is 0 Å². The molecule has 0 spiro atoms. The minimum Gasteiger partial charge on any atom is -0.192 e. The van der Waals surface area contributed by atoms with Gasteiger partial charge in [-0.15, -0.1) is 0 Å². The van der Waals surface area contributed by atoms with E-state index in [9.17, 15) is 0 Å². The van der Waals surface area contributed by atoms with Crippen LogP contribution in [0.1, 0.15) is 11.1 Å². The molecule has 0 amide bonds. The molecule has 62 valence electrons. The molecule has 0 saturated carbocycles. The average molecular weight is 245 g/mol. The van der Waals surface area contributed by atoms with Gasteiger partial charge >= 0.3 is 0 Å². The van der Waals surface area contributed by atoms with Crippen LogP contribution >= 0.6 is 27.5 Å². The molecule has 1 nitrogen and oxygen atoms in total. The summed E-state index contributed by atoms with van der Waals surface area (Å²) in [5.41, 5.74) is 1.71. The molecule has 3 heteroatoms. The van der Waals surface area contributed by atoms with Crippen molar-refractivity contribution < 1.29 is 0 Å². The van der Waals surface area contributed by atoms with Crippen LogP contribution in [-0.4, -0.2) is 5.33 Å². The van der Waals surface area contributed by atoms with Gasteiger partial charge in [0, 0.05) is 10.4 Å². The fourth-order valence-electron chi connectivity index (χ4n) is 0.980. The molecule has 0 aliphatic heterocycles. The molecule has 0 aromatic heterocycles. The van der Waals surface area contributed by atoms with Crippen molar-refractivity contribution in [1.29, 1.82) is 5.26 Å². The Balaban J connectivity index is 3.06. The Bertz CT molecular complexity index is 317. The smallest absolute Gasteiger partial charge is 0.0994 e. The highest BCUT2D eigenvalue weighted by Gasteiger charge is 2.01. The van der Waals surface area contributed by atoms with E-state index >= 15 is 0 Å². The molecular formula is C9H7BrClN. The van der Waals surface area contributed by atoms with Gasteiger partial charge in [0.05, 0.1) is 11.6 Å². The van der Waals surface area contributed by atoms with Crippen LogP contribution in [-0.2, 0) is 6.42 Å². The number of nitriles is 1. The zero-order valence-electron chi connectivity index (χ0n) is 6.35. The highest BCUT2D eigenvalue weighted by atomic mass is 79.9. The number of rotatable bonds is 2. The van der Waals surface area contributed by atoms with E-state index < -0.39 is 0 Å². The molecule has 0 radical (unpaired) electrons. The van der Waals surface area contributed by atoms with Gasteiger partial charge in [-0.1, -0.05) is 27.5 Å². The number of hydrogen-bond acceptors (Lipinski definition) is 1. The topological polar surface area (TPSA) is 23.8 Å². The summed E-state index contributed by atoms with van der Waals surface area (Å²) in [7, 11) is 0. The summed E-state index contributed by atoms with van der Waals surface area (Å²) in [4.78, 5) is 0. The largest absolute Gasteiger partial charge is 0.192 e. The van der Waals surface area contributed by atoms with Gasteiger partial charge in [0.2, 0.25) is 0 Å². The highest BCUT2D eigenvalue weighted by molar-refractivity contribution is 9.09. The Morgan fingerprint density at radius 2 is 2.25 bits per heavy atom. The van der Waals surface area contributed by atoms with Crippen LogP contribution < -0.4 is 0 Å². The normalized spacial score (nSPS) is 9.42. The van der Waals surface area contributed by atoms with Gasteiger partial charge in [0.1, 0.15) is 0 Å². The predicted molar refractivity (Wildman–Crippen MR) is 53.7 cm³/mol. The van der Waals surface area contributed by atoms with Gasteiger partial charge < -0.3 is 0 Å². The van der Waals surface area contributed by atoms with E-state index in [0.717, 1.165) is 17.3 Å². The maximum absolute atomic E-state index is 8.73. The maximum atomic E-state index is 8.73. The minimum absolute atomic E-state index is 0.685. The Labute approximate surface area is 85.1 Å². The van der Waals surface area contributed by atoms with Crippen molar-refractivity contribution in [2.45, 2.75) is 6.42 Å². The van der Waals surface area contributed by atoms with Crippen LogP contribution in [0, 0.1) is 11.3 Å². The van der Waals surface area contributed by atoms with Crippen molar-refractivity contribution >= 4 is 27.5 Å². The van der Waals surface area contributed by atoms with Crippen molar-refractivity contribution in [3.8, 4) is 6.07 Å². The number of nitrogens with zero attached hydrogens (tertiary/aromatic N) is 1. The summed E-state index contributed by atoms with van der Waals surface area (Å²) >= 11 is 9.11. The van der Waals surface area contributed by atoms with Gasteiger partial charge in [-0.25, -0.2) is 0 Å². The van der Waals surface area contributed by atoms with Crippen molar-refractivity contribution in [3.05, 3.63) is 34.3 Å². The molecule has 1 aromatic rings. The van der Waals surface area contributed by atoms with Crippen LogP contribution in [0.2, 0.25) is 5.02 Å². The van der Waals surface area contributed by atoms with E-state index in [2.05, 4.69) is 22.0 Å². The summed E-state index contributed by atoms with van der Waals surface area (Å²) in [5.74, 6) is 0. The molecule has 1 aromatic carbocycles. The summed E-state index contributed by atoms with van der Waals surface area (Å²) in [5, 5.41) is 10.3. The lowest BCUT2D eigenvalue weighted by molar-refractivity contribution is 1.15. The lowest BCUT2D eigenvalue weighted by Gasteiger charge is -2.00. The molecule has 0 aliphatic rings. The maximum Gasteiger partial charge on any atom is 0.0994 e. The van der Waals surface area contributed by atoms with Crippen molar-refractivity contribution in [2.24, 2.45) is 0 Å². The first-order chi connectivity index (χ1) is 5.77. The Hall–Kier alpha value is -0.520. The second-order valence-electron chi connectivity index (χ2n) is 2.35. The molecule has 0 aliphatic carbocycles. The van der Waals surface area contributed by atoms with Crippen molar-refractivity contribution in [3.63, 3.8) is 0 Å². The van der Waals surface area contributed by atoms with E-state index in [4.69, 9.17) is 16.9 Å². The zero-order valence-corrected chi connectivity index (χ0v) is 8.69. The monoisotopic (exact) mass is 243 g/mol. The Morgan fingerprint density at radius 3 is 2.83 bits per heavy atom. The van der Waals surface area contributed by atoms with Crippen molar-refractivity contribution in [2.75, 3.05) is 5.33 Å². The third-order valence-electron chi connectivity index (χ3n) is 1.55. The summed E-state index contributed by atoms with van der Waals surface area (Å²) in [6.07, 6.45) is 0.837. The average Bonchev–Trinajstić information content (AvgIpc) is 2.05. The summed E-state index contributed by atoms with van der Waals surface area (Å²) in [6.45, 7) is 0. The second kappa shape index (κ2) is 4.49. The lowest BCUT2D eigenvalue weighted by atomic mass is 10.1. The third-order valence-corrected chi connectivity index (χ3v) is 2.18. The fourth-order valence-corrected chi connectivity index (χ4v) is 1.60. The SMILES string of the molecule is N#Cc1ccc(Cl)cc1CCBr. The molecule has 0 saturated heterocycles. The molecule has 0 unspecified atom stereocenters. The summed E-state index contributed by atoms with van der Waals surface area (Å²) in [6, 6.07) is 7.45. The van der Waals surface area contributed by atoms with Crippen LogP contribution in [0.5, 0.6) is 0 Å². The van der Waals surface area contributed by atoms with Crippen LogP contribution in [0.25, 0.3) is 0 Å². The minimum atomic E-state index is 0.685. The molecule has 1 rings (SSSR count). The van der Waals surface area contributed by atoms with Crippen LogP contribution in [0.3, 0.4) is 0 Å². The van der Waals surface area contributed by atoms with E-state index in [-0.39, 0.29) is 0 Å². The predicted octanol–water partition coefficient (Wildman–Crippen LogP) is 3.15. The van der Waals surface area contributed by atoms with E-state index in [0.29, 0.717) is 10.6 Å². The highest BCUT2D eigenvalue weighted by Crippen LogP contribution is 2.16. The Kier molecular flexibility index (Phi) is 3.58. The van der Waals surface area contributed by atoms with Gasteiger partial charge in [0.25, 0.3) is 0 Å².